The molecule has 4 atom stereocenters. The molecule has 340 valence electrons. The van der Waals surface area contributed by atoms with Gasteiger partial charge in [-0.15, -0.1) is 0 Å². The van der Waals surface area contributed by atoms with E-state index in [-0.39, 0.29) is 39.5 Å². The number of aryl methyl sites for hydroxylation is 1. The van der Waals surface area contributed by atoms with Gasteiger partial charge in [-0.05, 0) is 142 Å². The molecule has 0 radical (unpaired) electrons. The van der Waals surface area contributed by atoms with Gasteiger partial charge in [0.1, 0.15) is 0 Å². The minimum Gasteiger partial charge on any atom is -0.334 e. The van der Waals surface area contributed by atoms with Crippen LogP contribution in [0.1, 0.15) is 135 Å². The Labute approximate surface area is 406 Å². The van der Waals surface area contributed by atoms with Gasteiger partial charge in [-0.2, -0.15) is 0 Å². The Morgan fingerprint density at radius 3 is 1.93 bits per heavy atom. The lowest BCUT2D eigenvalue weighted by atomic mass is 9.33. The molecule has 0 amide bonds. The van der Waals surface area contributed by atoms with Crippen LogP contribution in [-0.4, -0.2) is 12.3 Å². The Balaban J connectivity index is 1.19. The van der Waals surface area contributed by atoms with Crippen molar-refractivity contribution in [2.24, 2.45) is 0 Å². The summed E-state index contributed by atoms with van der Waals surface area (Å²) in [6.45, 7) is 24.6. The normalized spacial score (nSPS) is 25.0. The fourth-order valence-electron chi connectivity index (χ4n) is 14.8. The van der Waals surface area contributed by atoms with Crippen molar-refractivity contribution in [2.75, 3.05) is 14.7 Å². The molecular formula is C64H66BN3. The third kappa shape index (κ3) is 5.28. The predicted octanol–water partition coefficient (Wildman–Crippen LogP) is 14.6. The number of fused-ring (bicyclic) bond motifs is 12. The van der Waals surface area contributed by atoms with E-state index in [2.05, 4.69) is 230 Å². The van der Waals surface area contributed by atoms with E-state index in [0.717, 1.165) is 19.3 Å². The third-order valence-corrected chi connectivity index (χ3v) is 19.0. The second-order valence-corrected chi connectivity index (χ2v) is 24.3. The van der Waals surface area contributed by atoms with Crippen LogP contribution in [0.25, 0.3) is 11.1 Å². The van der Waals surface area contributed by atoms with Gasteiger partial charge in [0, 0.05) is 50.5 Å². The molecule has 4 heterocycles. The predicted molar refractivity (Wildman–Crippen MR) is 289 cm³/mol. The number of hydrogen-bond acceptors (Lipinski definition) is 3. The Morgan fingerprint density at radius 2 is 1.15 bits per heavy atom. The minimum absolute atomic E-state index is 0.0216. The Morgan fingerprint density at radius 1 is 0.485 bits per heavy atom. The minimum atomic E-state index is -0.325. The Kier molecular flexibility index (Phi) is 8.57. The molecule has 1 fully saturated rings. The van der Waals surface area contributed by atoms with Crippen LogP contribution in [0.4, 0.5) is 39.8 Å². The zero-order valence-electron chi connectivity index (χ0n) is 42.0. The second-order valence-electron chi connectivity index (χ2n) is 24.3. The van der Waals surface area contributed by atoms with E-state index in [1.165, 1.54) is 120 Å². The maximum Gasteiger partial charge on any atom is 0.252 e. The van der Waals surface area contributed by atoms with Crippen LogP contribution in [0.5, 0.6) is 0 Å². The molecule has 0 aromatic heterocycles. The van der Waals surface area contributed by atoms with Gasteiger partial charge in [0.25, 0.3) is 6.71 Å². The molecule has 1 saturated carbocycles. The number of benzene rings is 7. The summed E-state index contributed by atoms with van der Waals surface area (Å²) < 4.78 is 0. The highest BCUT2D eigenvalue weighted by Crippen LogP contribution is 2.66. The largest absolute Gasteiger partial charge is 0.334 e. The van der Waals surface area contributed by atoms with Crippen LogP contribution in [0.2, 0.25) is 0 Å². The van der Waals surface area contributed by atoms with E-state index in [0.29, 0.717) is 0 Å². The number of rotatable bonds is 3. The first-order valence-corrected chi connectivity index (χ1v) is 25.7. The van der Waals surface area contributed by atoms with Gasteiger partial charge in [0.2, 0.25) is 0 Å². The Bertz CT molecular complexity index is 3260. The monoisotopic (exact) mass is 888 g/mol. The molecule has 68 heavy (non-hydrogen) atoms. The van der Waals surface area contributed by atoms with Gasteiger partial charge >= 0.3 is 0 Å². The average molecular weight is 888 g/mol. The van der Waals surface area contributed by atoms with Crippen molar-refractivity contribution in [3.8, 4) is 11.1 Å². The molecule has 4 heteroatoms. The quantitative estimate of drug-likeness (QED) is 0.164. The van der Waals surface area contributed by atoms with E-state index in [1.807, 2.05) is 0 Å². The van der Waals surface area contributed by atoms with Crippen molar-refractivity contribution in [2.45, 2.75) is 141 Å². The molecule has 0 saturated heterocycles. The molecular weight excluding hydrogens is 822 g/mol. The highest BCUT2D eigenvalue weighted by molar-refractivity contribution is 7.00. The van der Waals surface area contributed by atoms with Crippen LogP contribution in [0.3, 0.4) is 0 Å². The van der Waals surface area contributed by atoms with Crippen molar-refractivity contribution in [3.05, 3.63) is 179 Å². The summed E-state index contributed by atoms with van der Waals surface area (Å²) in [6, 6.07) is 57.6. The summed E-state index contributed by atoms with van der Waals surface area (Å²) in [5, 5.41) is 0. The van der Waals surface area contributed by atoms with Crippen molar-refractivity contribution < 1.29 is 0 Å². The molecule has 6 aliphatic rings. The van der Waals surface area contributed by atoms with E-state index < -0.39 is 0 Å². The van der Waals surface area contributed by atoms with Crippen LogP contribution >= 0.6 is 0 Å². The maximum atomic E-state index is 2.90. The van der Waals surface area contributed by atoms with Crippen LogP contribution in [-0.2, 0) is 33.6 Å². The molecule has 0 bridgehead atoms. The molecule has 7 aromatic carbocycles. The molecule has 7 aromatic rings. The molecule has 4 aliphatic heterocycles. The zero-order valence-corrected chi connectivity index (χ0v) is 42.0. The van der Waals surface area contributed by atoms with Gasteiger partial charge in [-0.1, -0.05) is 177 Å². The summed E-state index contributed by atoms with van der Waals surface area (Å²) in [7, 11) is 0. The highest BCUT2D eigenvalue weighted by Gasteiger charge is 2.64. The number of hydrogen-bond donors (Lipinski definition) is 0. The lowest BCUT2D eigenvalue weighted by Gasteiger charge is -2.54. The van der Waals surface area contributed by atoms with Crippen molar-refractivity contribution in [3.63, 3.8) is 0 Å². The van der Waals surface area contributed by atoms with Gasteiger partial charge in [0.05, 0.1) is 16.8 Å². The summed E-state index contributed by atoms with van der Waals surface area (Å²) >= 11 is 0. The maximum absolute atomic E-state index is 2.90. The van der Waals surface area contributed by atoms with Crippen molar-refractivity contribution in [1.82, 2.24) is 0 Å². The lowest BCUT2D eigenvalue weighted by molar-refractivity contribution is 0.195. The first-order valence-electron chi connectivity index (χ1n) is 25.7. The lowest BCUT2D eigenvalue weighted by Crippen LogP contribution is -2.64. The van der Waals surface area contributed by atoms with Crippen LogP contribution in [0, 0.1) is 0 Å². The molecule has 3 nitrogen and oxygen atoms in total. The summed E-state index contributed by atoms with van der Waals surface area (Å²) in [6.07, 6.45) is 7.05. The highest BCUT2D eigenvalue weighted by atomic mass is 15.3. The standard InChI is InChI=1S/C64H66BN3/c1-59(2,3)43-30-32-52(46(37-43)41-21-12-11-13-22-41)66-54-38-44(60(4,5)6)29-31-50(54)65-51-27-20-26-49-58(51)68(64(10)47-24-15-14-23-42(47)33-36-62(49,64)8)56-40-45(39-55(66)57(56)65)67-53-28-17-16-25-48(53)61(7)34-18-19-35-63(61,67)9/h11-17,20-32,37-40H,18-19,33-36H2,1-10H3. The second kappa shape index (κ2) is 13.8. The van der Waals surface area contributed by atoms with Gasteiger partial charge in [-0.3, -0.25) is 0 Å². The molecule has 13 rings (SSSR count). The van der Waals surface area contributed by atoms with Gasteiger partial charge in [0.15, 0.2) is 0 Å². The summed E-state index contributed by atoms with van der Waals surface area (Å²) in [5.74, 6) is 0. The van der Waals surface area contributed by atoms with Gasteiger partial charge < -0.3 is 14.7 Å². The summed E-state index contributed by atoms with van der Waals surface area (Å²) in [5.41, 5.74) is 24.1. The molecule has 0 N–H and O–H groups in total. The van der Waals surface area contributed by atoms with Crippen molar-refractivity contribution >= 4 is 62.9 Å². The SMILES string of the molecule is CC(C)(C)c1ccc(N2c3cc(C(C)(C)C)ccc3B3c4cccc5c4N(c4cc(N6c7ccccc7C7(C)CCCCC67C)cc2c43)C2(C)c3ccccc3CCC52C)c(-c2ccccc2)c1. The topological polar surface area (TPSA) is 9.72 Å². The average Bonchev–Trinajstić information content (AvgIpc) is 3.68. The number of anilines is 7. The van der Waals surface area contributed by atoms with Gasteiger partial charge in [-0.25, -0.2) is 0 Å². The van der Waals surface area contributed by atoms with E-state index in [1.54, 1.807) is 0 Å². The first-order chi connectivity index (χ1) is 32.5. The van der Waals surface area contributed by atoms with Crippen LogP contribution in [0.15, 0.2) is 146 Å². The number of para-hydroxylation sites is 2. The number of nitrogens with zero attached hydrogens (tertiary/aromatic N) is 3. The molecule has 4 unspecified atom stereocenters. The van der Waals surface area contributed by atoms with Crippen molar-refractivity contribution in [1.29, 1.82) is 0 Å². The van der Waals surface area contributed by atoms with Crippen LogP contribution < -0.4 is 31.1 Å². The molecule has 2 aliphatic carbocycles. The Hall–Kier alpha value is -6.00. The first kappa shape index (κ1) is 42.1. The fourth-order valence-corrected chi connectivity index (χ4v) is 14.8. The van der Waals surface area contributed by atoms with E-state index in [4.69, 9.17) is 0 Å². The summed E-state index contributed by atoms with van der Waals surface area (Å²) in [4.78, 5) is 8.46. The fraction of sp³-hybridized carbons (Fsp3) is 0.344. The smallest absolute Gasteiger partial charge is 0.252 e. The molecule has 0 spiro atoms. The van der Waals surface area contributed by atoms with E-state index in [9.17, 15) is 0 Å². The van der Waals surface area contributed by atoms with E-state index >= 15 is 0 Å². The third-order valence-electron chi connectivity index (χ3n) is 19.0. The zero-order chi connectivity index (χ0) is 46.9.